The minimum atomic E-state index is -1.03. The van der Waals surface area contributed by atoms with E-state index in [1.807, 2.05) is 0 Å². The van der Waals surface area contributed by atoms with E-state index in [0.29, 0.717) is 9.81 Å². The predicted molar refractivity (Wildman–Crippen MR) is 50.4 cm³/mol. The third-order valence-electron chi connectivity index (χ3n) is 0.975. The number of hydrogen-bond acceptors (Lipinski definition) is 3. The maximum atomic E-state index is 10.2. The summed E-state index contributed by atoms with van der Waals surface area (Å²) in [5, 5.41) is 16.7. The minimum absolute atomic E-state index is 0.544. The molecular formula is C8H10O4S. The first-order valence-corrected chi connectivity index (χ1v) is 4.23. The van der Waals surface area contributed by atoms with Gasteiger partial charge in [-0.1, -0.05) is 11.8 Å². The lowest BCUT2D eigenvalue weighted by molar-refractivity contribution is -0.132. The highest BCUT2D eigenvalue weighted by Gasteiger charge is 1.98. The molecule has 5 heteroatoms. The van der Waals surface area contributed by atoms with Gasteiger partial charge in [-0.05, 0) is 23.7 Å². The van der Waals surface area contributed by atoms with Crippen LogP contribution in [0.15, 0.2) is 22.0 Å². The highest BCUT2D eigenvalue weighted by molar-refractivity contribution is 8.06. The third kappa shape index (κ3) is 7.14. The minimum Gasteiger partial charge on any atom is -0.478 e. The molecule has 0 aromatic carbocycles. The molecule has 0 aromatic rings. The van der Waals surface area contributed by atoms with Crippen LogP contribution in [0, 0.1) is 0 Å². The summed E-state index contributed by atoms with van der Waals surface area (Å²) in [6, 6.07) is 0. The summed E-state index contributed by atoms with van der Waals surface area (Å²) in [5.74, 6) is -2.07. The summed E-state index contributed by atoms with van der Waals surface area (Å²) in [6.07, 6.45) is 2.06. The van der Waals surface area contributed by atoms with Gasteiger partial charge in [0.25, 0.3) is 0 Å². The summed E-state index contributed by atoms with van der Waals surface area (Å²) in [6.45, 7) is 3.22. The molecule has 13 heavy (non-hydrogen) atoms. The van der Waals surface area contributed by atoms with Crippen molar-refractivity contribution in [2.24, 2.45) is 0 Å². The quantitative estimate of drug-likeness (QED) is 0.678. The Morgan fingerprint density at radius 1 is 1.00 bits per heavy atom. The molecule has 0 saturated heterocycles. The van der Waals surface area contributed by atoms with Crippen molar-refractivity contribution < 1.29 is 19.8 Å². The molecule has 0 spiro atoms. The van der Waals surface area contributed by atoms with Crippen molar-refractivity contribution in [3.05, 3.63) is 22.0 Å². The van der Waals surface area contributed by atoms with E-state index < -0.39 is 11.9 Å². The van der Waals surface area contributed by atoms with Crippen LogP contribution in [-0.4, -0.2) is 22.2 Å². The Kier molecular flexibility index (Phi) is 4.91. The molecule has 0 atom stereocenters. The van der Waals surface area contributed by atoms with Crippen molar-refractivity contribution in [2.45, 2.75) is 13.8 Å². The zero-order chi connectivity index (χ0) is 10.4. The van der Waals surface area contributed by atoms with Crippen LogP contribution in [0.2, 0.25) is 0 Å². The van der Waals surface area contributed by atoms with Crippen molar-refractivity contribution >= 4 is 23.7 Å². The fraction of sp³-hybridized carbons (Fsp3) is 0.250. The maximum Gasteiger partial charge on any atom is 0.329 e. The molecule has 0 aliphatic heterocycles. The Morgan fingerprint density at radius 3 is 1.54 bits per heavy atom. The largest absolute Gasteiger partial charge is 0.478 e. The van der Waals surface area contributed by atoms with Crippen molar-refractivity contribution in [3.8, 4) is 0 Å². The van der Waals surface area contributed by atoms with Gasteiger partial charge in [0.05, 0.1) is 0 Å². The molecule has 0 bridgehead atoms. The molecule has 4 nitrogen and oxygen atoms in total. The number of rotatable bonds is 4. The zero-order valence-corrected chi connectivity index (χ0v) is 8.09. The lowest BCUT2D eigenvalue weighted by Gasteiger charge is -1.98. The molecule has 0 fully saturated rings. The molecule has 0 saturated carbocycles. The van der Waals surface area contributed by atoms with Gasteiger partial charge in [0.15, 0.2) is 0 Å². The third-order valence-corrected chi connectivity index (χ3v) is 1.86. The first-order valence-electron chi connectivity index (χ1n) is 3.42. The summed E-state index contributed by atoms with van der Waals surface area (Å²) in [4.78, 5) is 21.5. The molecule has 0 heterocycles. The van der Waals surface area contributed by atoms with Crippen molar-refractivity contribution in [2.75, 3.05) is 0 Å². The SMILES string of the molecule is C/C(=C/C(=O)O)S/C(C)=C/C(=O)O. The van der Waals surface area contributed by atoms with Crippen LogP contribution >= 0.6 is 11.8 Å². The second-order valence-corrected chi connectivity index (χ2v) is 3.78. The molecule has 0 aliphatic rings. The maximum absolute atomic E-state index is 10.2. The van der Waals surface area contributed by atoms with E-state index >= 15 is 0 Å². The Hall–Kier alpha value is -1.23. The van der Waals surface area contributed by atoms with E-state index in [0.717, 1.165) is 23.9 Å². The molecule has 0 aromatic heterocycles. The van der Waals surface area contributed by atoms with Crippen LogP contribution in [0.3, 0.4) is 0 Å². The van der Waals surface area contributed by atoms with Gasteiger partial charge in [0, 0.05) is 12.2 Å². The number of hydrogen-bond donors (Lipinski definition) is 2. The molecule has 0 aliphatic carbocycles. The van der Waals surface area contributed by atoms with E-state index in [-0.39, 0.29) is 0 Å². The topological polar surface area (TPSA) is 74.6 Å². The number of allylic oxidation sites excluding steroid dienone is 2. The summed E-state index contributed by atoms with van der Waals surface area (Å²) >= 11 is 1.12. The summed E-state index contributed by atoms with van der Waals surface area (Å²) in [7, 11) is 0. The first kappa shape index (κ1) is 11.8. The molecule has 0 amide bonds. The van der Waals surface area contributed by atoms with Crippen LogP contribution in [-0.2, 0) is 9.59 Å². The average Bonchev–Trinajstić information content (AvgIpc) is 1.80. The van der Waals surface area contributed by atoms with Gasteiger partial charge < -0.3 is 10.2 Å². The van der Waals surface area contributed by atoms with Gasteiger partial charge in [0.2, 0.25) is 0 Å². The van der Waals surface area contributed by atoms with Gasteiger partial charge in [-0.3, -0.25) is 0 Å². The van der Waals surface area contributed by atoms with E-state index in [2.05, 4.69) is 0 Å². The van der Waals surface area contributed by atoms with Crippen LogP contribution in [0.25, 0.3) is 0 Å². The lowest BCUT2D eigenvalue weighted by Crippen LogP contribution is -1.90. The first-order chi connectivity index (χ1) is 5.91. The van der Waals surface area contributed by atoms with Gasteiger partial charge in [-0.25, -0.2) is 9.59 Å². The monoisotopic (exact) mass is 202 g/mol. The van der Waals surface area contributed by atoms with Gasteiger partial charge in [-0.2, -0.15) is 0 Å². The Morgan fingerprint density at radius 2 is 1.31 bits per heavy atom. The molecule has 0 rings (SSSR count). The number of carboxylic acids is 2. The Bertz CT molecular complexity index is 250. The highest BCUT2D eigenvalue weighted by Crippen LogP contribution is 2.23. The van der Waals surface area contributed by atoms with Gasteiger partial charge in [0.1, 0.15) is 0 Å². The second kappa shape index (κ2) is 5.42. The standard InChI is InChI=1S/C8H10O4S/c1-5(3-7(9)10)13-6(2)4-8(11)12/h3-4H,1-2H3,(H,9,10)(H,11,12)/b5-3-,6-4+. The van der Waals surface area contributed by atoms with Crippen LogP contribution in [0.1, 0.15) is 13.8 Å². The van der Waals surface area contributed by atoms with E-state index in [1.165, 1.54) is 0 Å². The Labute approximate surface area is 79.9 Å². The van der Waals surface area contributed by atoms with Gasteiger partial charge in [-0.15, -0.1) is 0 Å². The smallest absolute Gasteiger partial charge is 0.329 e. The van der Waals surface area contributed by atoms with Crippen molar-refractivity contribution in [3.63, 3.8) is 0 Å². The van der Waals surface area contributed by atoms with E-state index in [9.17, 15) is 9.59 Å². The summed E-state index contributed by atoms with van der Waals surface area (Å²) < 4.78 is 0. The van der Waals surface area contributed by atoms with Crippen LogP contribution < -0.4 is 0 Å². The normalized spacial score (nSPS) is 12.8. The highest BCUT2D eigenvalue weighted by atomic mass is 32.2. The molecular weight excluding hydrogens is 192 g/mol. The van der Waals surface area contributed by atoms with Crippen LogP contribution in [0.5, 0.6) is 0 Å². The molecule has 0 radical (unpaired) electrons. The van der Waals surface area contributed by atoms with Gasteiger partial charge >= 0.3 is 11.9 Å². The molecule has 2 N–H and O–H groups in total. The Balaban J connectivity index is 4.29. The number of carboxylic acid groups (broad SMARTS) is 2. The van der Waals surface area contributed by atoms with E-state index in [4.69, 9.17) is 10.2 Å². The second-order valence-electron chi connectivity index (χ2n) is 2.29. The summed E-state index contributed by atoms with van der Waals surface area (Å²) in [5.41, 5.74) is 0. The van der Waals surface area contributed by atoms with Crippen LogP contribution in [0.4, 0.5) is 0 Å². The number of carbonyl (C=O) groups is 2. The lowest BCUT2D eigenvalue weighted by atomic mass is 10.5. The van der Waals surface area contributed by atoms with Crippen molar-refractivity contribution in [1.82, 2.24) is 0 Å². The molecule has 72 valence electrons. The van der Waals surface area contributed by atoms with E-state index in [1.54, 1.807) is 13.8 Å². The fourth-order valence-corrected chi connectivity index (χ4v) is 1.49. The fourth-order valence-electron chi connectivity index (χ4n) is 0.661. The zero-order valence-electron chi connectivity index (χ0n) is 7.27. The predicted octanol–water partition coefficient (Wildman–Crippen LogP) is 1.70. The van der Waals surface area contributed by atoms with Crippen molar-refractivity contribution in [1.29, 1.82) is 0 Å². The molecule has 0 unspecified atom stereocenters. The number of aliphatic carboxylic acids is 2. The average molecular weight is 202 g/mol. The number of thioether (sulfide) groups is 1.